The third-order valence-electron chi connectivity index (χ3n) is 1.88. The average Bonchev–Trinajstić information content (AvgIpc) is 2.10. The fourth-order valence-electron chi connectivity index (χ4n) is 1.06. The van der Waals surface area contributed by atoms with Gasteiger partial charge >= 0.3 is 0 Å². The quantitative estimate of drug-likeness (QED) is 0.717. The number of amides is 1. The Hall–Kier alpha value is -1.35. The van der Waals surface area contributed by atoms with E-state index in [0.29, 0.717) is 11.1 Å². The zero-order valence-electron chi connectivity index (χ0n) is 7.98. The van der Waals surface area contributed by atoms with Gasteiger partial charge in [0, 0.05) is 6.92 Å². The molecule has 0 saturated carbocycles. The lowest BCUT2D eigenvalue weighted by atomic mass is 9.99. The van der Waals surface area contributed by atoms with Crippen LogP contribution in [-0.4, -0.2) is 11.7 Å². The Labute approximate surface area is 87.1 Å². The molecule has 0 heterocycles. The van der Waals surface area contributed by atoms with E-state index in [1.807, 2.05) is 0 Å². The average molecular weight is 212 g/mol. The van der Waals surface area contributed by atoms with Crippen molar-refractivity contribution >= 4 is 23.3 Å². The molecule has 14 heavy (non-hydrogen) atoms. The first-order valence-corrected chi connectivity index (χ1v) is 4.41. The summed E-state index contributed by atoms with van der Waals surface area (Å²) in [5.74, 6) is -0.673. The molecular weight excluding hydrogens is 202 g/mol. The molecule has 0 atom stereocenters. The molecule has 0 radical (unpaired) electrons. The molecule has 0 spiro atoms. The molecule has 3 nitrogen and oxygen atoms in total. The van der Waals surface area contributed by atoms with E-state index in [2.05, 4.69) is 11.9 Å². The van der Waals surface area contributed by atoms with Gasteiger partial charge in [-0.2, -0.15) is 0 Å². The van der Waals surface area contributed by atoms with Crippen molar-refractivity contribution in [1.29, 1.82) is 0 Å². The lowest BCUT2D eigenvalue weighted by Crippen LogP contribution is -2.27. The Bertz CT molecular complexity index is 391. The van der Waals surface area contributed by atoms with Crippen molar-refractivity contribution in [2.24, 2.45) is 0 Å². The summed E-state index contributed by atoms with van der Waals surface area (Å²) in [7, 11) is 0. The Kier molecular flexibility index (Phi) is 2.91. The van der Waals surface area contributed by atoms with Crippen LogP contribution in [0, 0.1) is 0 Å². The van der Waals surface area contributed by atoms with Crippen LogP contribution in [-0.2, 0) is 9.59 Å². The number of Topliss-reactive ketones (excluding diaryl/α,β-unsaturated/α-hetero) is 1. The van der Waals surface area contributed by atoms with E-state index in [1.165, 1.54) is 13.0 Å². The topological polar surface area (TPSA) is 46.2 Å². The Morgan fingerprint density at radius 1 is 1.57 bits per heavy atom. The summed E-state index contributed by atoms with van der Waals surface area (Å²) in [6, 6.07) is 0. The predicted octanol–water partition coefficient (Wildman–Crippen LogP) is 1.66. The number of ketones is 1. The van der Waals surface area contributed by atoms with E-state index in [-0.39, 0.29) is 22.4 Å². The number of hydrogen-bond donors (Lipinski definition) is 1. The lowest BCUT2D eigenvalue weighted by molar-refractivity contribution is -0.120. The van der Waals surface area contributed by atoms with Crippen LogP contribution in [0.4, 0.5) is 0 Å². The maximum atomic E-state index is 11.5. The van der Waals surface area contributed by atoms with Gasteiger partial charge in [-0.3, -0.25) is 9.59 Å². The van der Waals surface area contributed by atoms with Crippen molar-refractivity contribution in [3.8, 4) is 0 Å². The molecular formula is C10H10ClNO2. The van der Waals surface area contributed by atoms with Crippen LogP contribution in [0.15, 0.2) is 34.5 Å². The Balaban J connectivity index is 3.03. The molecule has 0 aromatic heterocycles. The van der Waals surface area contributed by atoms with Crippen molar-refractivity contribution < 1.29 is 9.59 Å². The smallest absolute Gasteiger partial charge is 0.221 e. The van der Waals surface area contributed by atoms with Crippen LogP contribution in [0.2, 0.25) is 0 Å². The monoisotopic (exact) mass is 211 g/mol. The summed E-state index contributed by atoms with van der Waals surface area (Å²) in [5, 5.41) is 2.52. The van der Waals surface area contributed by atoms with Gasteiger partial charge in [0.2, 0.25) is 11.7 Å². The summed E-state index contributed by atoms with van der Waals surface area (Å²) in [6.45, 7) is 6.76. The SMILES string of the molecule is C=C1C=C(NC(C)=O)C(=O)C(Cl)=C1C. The summed E-state index contributed by atoms with van der Waals surface area (Å²) < 4.78 is 0. The summed E-state index contributed by atoms with van der Waals surface area (Å²) in [4.78, 5) is 22.3. The van der Waals surface area contributed by atoms with E-state index in [1.54, 1.807) is 6.92 Å². The fraction of sp³-hybridized carbons (Fsp3) is 0.200. The molecule has 0 aliphatic heterocycles. The largest absolute Gasteiger partial charge is 0.323 e. The Morgan fingerprint density at radius 3 is 2.64 bits per heavy atom. The van der Waals surface area contributed by atoms with Crippen LogP contribution >= 0.6 is 11.6 Å². The highest BCUT2D eigenvalue weighted by molar-refractivity contribution is 6.46. The highest BCUT2D eigenvalue weighted by atomic mass is 35.5. The van der Waals surface area contributed by atoms with Crippen molar-refractivity contribution in [2.45, 2.75) is 13.8 Å². The van der Waals surface area contributed by atoms with Gasteiger partial charge in [-0.25, -0.2) is 0 Å². The molecule has 0 aromatic rings. The third kappa shape index (κ3) is 1.93. The second-order valence-corrected chi connectivity index (χ2v) is 3.41. The molecule has 1 aliphatic rings. The minimum Gasteiger partial charge on any atom is -0.323 e. The van der Waals surface area contributed by atoms with Crippen LogP contribution in [0.3, 0.4) is 0 Å². The molecule has 4 heteroatoms. The summed E-state index contributed by atoms with van der Waals surface area (Å²) >= 11 is 5.77. The number of nitrogens with one attached hydrogen (secondary N) is 1. The van der Waals surface area contributed by atoms with Gasteiger partial charge in [-0.15, -0.1) is 0 Å². The van der Waals surface area contributed by atoms with Gasteiger partial charge in [0.1, 0.15) is 0 Å². The normalized spacial score (nSPS) is 16.9. The molecule has 0 bridgehead atoms. The van der Waals surface area contributed by atoms with E-state index < -0.39 is 0 Å². The number of carbonyl (C=O) groups excluding carboxylic acids is 2. The molecule has 0 saturated heterocycles. The van der Waals surface area contributed by atoms with Crippen LogP contribution in [0.25, 0.3) is 0 Å². The second kappa shape index (κ2) is 3.80. The number of carbonyl (C=O) groups is 2. The second-order valence-electron chi connectivity index (χ2n) is 3.03. The van der Waals surface area contributed by atoms with Crippen molar-refractivity contribution in [3.05, 3.63) is 34.5 Å². The first-order chi connectivity index (χ1) is 6.43. The third-order valence-corrected chi connectivity index (χ3v) is 2.34. The minimum absolute atomic E-state index is 0.112. The van der Waals surface area contributed by atoms with E-state index in [4.69, 9.17) is 11.6 Å². The van der Waals surface area contributed by atoms with Gasteiger partial charge < -0.3 is 5.32 Å². The predicted molar refractivity (Wildman–Crippen MR) is 54.6 cm³/mol. The van der Waals surface area contributed by atoms with Gasteiger partial charge in [0.05, 0.1) is 10.7 Å². The molecule has 1 rings (SSSR count). The fourth-order valence-corrected chi connectivity index (χ4v) is 1.28. The van der Waals surface area contributed by atoms with Crippen molar-refractivity contribution in [2.75, 3.05) is 0 Å². The number of allylic oxidation sites excluding steroid dienone is 4. The van der Waals surface area contributed by atoms with E-state index >= 15 is 0 Å². The number of halogens is 1. The lowest BCUT2D eigenvalue weighted by Gasteiger charge is -2.15. The zero-order valence-corrected chi connectivity index (χ0v) is 8.73. The van der Waals surface area contributed by atoms with Crippen molar-refractivity contribution in [3.63, 3.8) is 0 Å². The maximum absolute atomic E-state index is 11.5. The van der Waals surface area contributed by atoms with Gasteiger partial charge in [0.15, 0.2) is 0 Å². The molecule has 1 N–H and O–H groups in total. The van der Waals surface area contributed by atoms with Crippen LogP contribution < -0.4 is 5.32 Å². The number of rotatable bonds is 1. The highest BCUT2D eigenvalue weighted by Gasteiger charge is 2.22. The molecule has 0 fully saturated rings. The van der Waals surface area contributed by atoms with Gasteiger partial charge in [-0.1, -0.05) is 18.2 Å². The van der Waals surface area contributed by atoms with Gasteiger partial charge in [-0.05, 0) is 24.1 Å². The molecule has 1 amide bonds. The highest BCUT2D eigenvalue weighted by Crippen LogP contribution is 2.25. The first kappa shape index (κ1) is 10.7. The first-order valence-electron chi connectivity index (χ1n) is 4.03. The molecule has 0 unspecified atom stereocenters. The molecule has 1 aliphatic carbocycles. The molecule has 74 valence electrons. The standard InChI is InChI=1S/C10H10ClNO2/c1-5-4-8(12-7(3)13)10(14)9(11)6(5)2/h4H,1H2,2-3H3,(H,12,13). The van der Waals surface area contributed by atoms with Crippen molar-refractivity contribution in [1.82, 2.24) is 5.32 Å². The van der Waals surface area contributed by atoms with Crippen LogP contribution in [0.1, 0.15) is 13.8 Å². The maximum Gasteiger partial charge on any atom is 0.221 e. The summed E-state index contributed by atoms with van der Waals surface area (Å²) in [5.41, 5.74) is 1.46. The Morgan fingerprint density at radius 2 is 2.14 bits per heavy atom. The molecule has 0 aromatic carbocycles. The van der Waals surface area contributed by atoms with Crippen LogP contribution in [0.5, 0.6) is 0 Å². The van der Waals surface area contributed by atoms with Gasteiger partial charge in [0.25, 0.3) is 0 Å². The minimum atomic E-state index is -0.369. The zero-order chi connectivity index (χ0) is 10.9. The van der Waals surface area contributed by atoms with E-state index in [9.17, 15) is 9.59 Å². The summed E-state index contributed by atoms with van der Waals surface area (Å²) in [6.07, 6.45) is 1.52. The van der Waals surface area contributed by atoms with E-state index in [0.717, 1.165) is 0 Å². The number of hydrogen-bond acceptors (Lipinski definition) is 2.